The molecule has 3 aliphatic rings. The minimum Gasteiger partial charge on any atom is -0.378 e. The fraction of sp³-hybridized carbons (Fsp3) is 0.333. The number of carbonyl (C=O) groups excluding carboxylic acids is 1. The molecule has 0 aromatic carbocycles. The van der Waals surface area contributed by atoms with Gasteiger partial charge in [-0.15, -0.1) is 0 Å². The number of pyridine rings is 1. The third-order valence-corrected chi connectivity index (χ3v) is 5.02. The summed E-state index contributed by atoms with van der Waals surface area (Å²) in [7, 11) is 0. The predicted molar refractivity (Wildman–Crippen MR) is 91.7 cm³/mol. The summed E-state index contributed by atoms with van der Waals surface area (Å²) in [4.78, 5) is 19.1. The molecule has 118 valence electrons. The highest BCUT2D eigenvalue weighted by Gasteiger charge is 2.29. The molecule has 1 saturated heterocycles. The zero-order chi connectivity index (χ0) is 15.8. The number of morpholine rings is 1. The molecule has 1 aromatic rings. The smallest absolute Gasteiger partial charge is 0.184 e. The van der Waals surface area contributed by atoms with Gasteiger partial charge < -0.3 is 9.64 Å². The van der Waals surface area contributed by atoms with Crippen LogP contribution in [0.3, 0.4) is 0 Å². The molecular weight excluding hydrogens is 356 g/mol. The summed E-state index contributed by atoms with van der Waals surface area (Å²) in [6.45, 7) is 3.18. The summed E-state index contributed by atoms with van der Waals surface area (Å²) in [5.74, 6) is 0.155. The van der Waals surface area contributed by atoms with Crippen LogP contribution in [0, 0.1) is 0 Å². The lowest BCUT2D eigenvalue weighted by Crippen LogP contribution is -2.36. The number of hydrogen-bond donors (Lipinski definition) is 0. The van der Waals surface area contributed by atoms with Gasteiger partial charge in [0, 0.05) is 59.3 Å². The second-order valence-electron chi connectivity index (χ2n) is 5.95. The maximum absolute atomic E-state index is 12.5. The van der Waals surface area contributed by atoms with Crippen LogP contribution < -0.4 is 0 Å². The van der Waals surface area contributed by atoms with Gasteiger partial charge in [-0.25, -0.2) is 0 Å². The molecule has 1 fully saturated rings. The normalized spacial score (nSPS) is 21.3. The van der Waals surface area contributed by atoms with Crippen molar-refractivity contribution in [2.45, 2.75) is 12.8 Å². The van der Waals surface area contributed by atoms with Crippen LogP contribution in [0.2, 0.25) is 0 Å². The first-order chi connectivity index (χ1) is 11.2. The molecule has 4 nitrogen and oxygen atoms in total. The van der Waals surface area contributed by atoms with Gasteiger partial charge in [-0.2, -0.15) is 0 Å². The Kier molecular flexibility index (Phi) is 3.91. The van der Waals surface area contributed by atoms with Crippen molar-refractivity contribution in [3.05, 3.63) is 57.5 Å². The number of halogens is 1. The van der Waals surface area contributed by atoms with Gasteiger partial charge in [0.25, 0.3) is 0 Å². The molecule has 0 radical (unpaired) electrons. The zero-order valence-corrected chi connectivity index (χ0v) is 14.3. The van der Waals surface area contributed by atoms with Crippen molar-refractivity contribution >= 4 is 27.3 Å². The van der Waals surface area contributed by atoms with Gasteiger partial charge in [-0.3, -0.25) is 9.78 Å². The summed E-state index contributed by atoms with van der Waals surface area (Å²) in [5.41, 5.74) is 5.45. The maximum atomic E-state index is 12.5. The summed E-state index contributed by atoms with van der Waals surface area (Å²) in [5, 5.41) is 0. The number of rotatable bonds is 2. The quantitative estimate of drug-likeness (QED) is 0.799. The molecular formula is C18H17BrN2O2. The SMILES string of the molecule is O=C1C=C(N2CCOCC2)CC2=C1CC=C2c1cncc(Br)c1. The van der Waals surface area contributed by atoms with Crippen molar-refractivity contribution in [2.75, 3.05) is 26.3 Å². The van der Waals surface area contributed by atoms with E-state index in [1.54, 1.807) is 6.20 Å². The van der Waals surface area contributed by atoms with Crippen LogP contribution in [0.5, 0.6) is 0 Å². The van der Waals surface area contributed by atoms with Crippen LogP contribution in [-0.2, 0) is 9.53 Å². The molecule has 2 aliphatic carbocycles. The zero-order valence-electron chi connectivity index (χ0n) is 12.7. The van der Waals surface area contributed by atoms with Gasteiger partial charge in [0.1, 0.15) is 0 Å². The molecule has 0 atom stereocenters. The lowest BCUT2D eigenvalue weighted by atomic mass is 9.90. The van der Waals surface area contributed by atoms with Crippen molar-refractivity contribution in [1.29, 1.82) is 0 Å². The Morgan fingerprint density at radius 3 is 2.78 bits per heavy atom. The molecule has 0 unspecified atom stereocenters. The lowest BCUT2D eigenvalue weighted by molar-refractivity contribution is -0.111. The van der Waals surface area contributed by atoms with Gasteiger partial charge in [0.15, 0.2) is 5.78 Å². The highest BCUT2D eigenvalue weighted by Crippen LogP contribution is 2.41. The highest BCUT2D eigenvalue weighted by molar-refractivity contribution is 9.10. The number of ketones is 1. The molecule has 4 rings (SSSR count). The second-order valence-corrected chi connectivity index (χ2v) is 6.86. The molecule has 0 saturated carbocycles. The molecule has 0 spiro atoms. The number of hydrogen-bond acceptors (Lipinski definition) is 4. The van der Waals surface area contributed by atoms with Crippen molar-refractivity contribution in [1.82, 2.24) is 9.88 Å². The van der Waals surface area contributed by atoms with Gasteiger partial charge in [-0.1, -0.05) is 6.08 Å². The fourth-order valence-corrected chi connectivity index (χ4v) is 3.80. The van der Waals surface area contributed by atoms with Crippen LogP contribution in [0.1, 0.15) is 18.4 Å². The van der Waals surface area contributed by atoms with E-state index < -0.39 is 0 Å². The summed E-state index contributed by atoms with van der Waals surface area (Å²) in [6.07, 6.45) is 9.16. The Bertz CT molecular complexity index is 758. The Hall–Kier alpha value is -1.72. The molecule has 23 heavy (non-hydrogen) atoms. The van der Waals surface area contributed by atoms with Gasteiger partial charge in [0.05, 0.1) is 13.2 Å². The van der Waals surface area contributed by atoms with Crippen LogP contribution in [-0.4, -0.2) is 42.0 Å². The highest BCUT2D eigenvalue weighted by atomic mass is 79.9. The third-order valence-electron chi connectivity index (χ3n) is 4.59. The van der Waals surface area contributed by atoms with E-state index in [-0.39, 0.29) is 5.78 Å². The van der Waals surface area contributed by atoms with E-state index in [9.17, 15) is 4.79 Å². The first-order valence-electron chi connectivity index (χ1n) is 7.83. The number of nitrogens with zero attached hydrogens (tertiary/aromatic N) is 2. The first-order valence-corrected chi connectivity index (χ1v) is 8.63. The van der Waals surface area contributed by atoms with Crippen molar-refractivity contribution in [2.24, 2.45) is 0 Å². The average molecular weight is 373 g/mol. The van der Waals surface area contributed by atoms with Crippen LogP contribution in [0.15, 0.2) is 51.9 Å². The predicted octanol–water partition coefficient (Wildman–Crippen LogP) is 3.12. The Labute approximate surface area is 143 Å². The Morgan fingerprint density at radius 1 is 1.17 bits per heavy atom. The van der Waals surface area contributed by atoms with E-state index in [0.29, 0.717) is 0 Å². The average Bonchev–Trinajstić information content (AvgIpc) is 3.00. The summed E-state index contributed by atoms with van der Waals surface area (Å²) < 4.78 is 6.37. The van der Waals surface area contributed by atoms with Crippen molar-refractivity contribution in [3.63, 3.8) is 0 Å². The van der Waals surface area contributed by atoms with E-state index in [4.69, 9.17) is 4.74 Å². The molecule has 0 N–H and O–H groups in total. The monoisotopic (exact) mass is 372 g/mol. The number of allylic oxidation sites excluding steroid dienone is 5. The summed E-state index contributed by atoms with van der Waals surface area (Å²) in [6, 6.07) is 2.06. The summed E-state index contributed by atoms with van der Waals surface area (Å²) >= 11 is 3.48. The van der Waals surface area contributed by atoms with E-state index >= 15 is 0 Å². The second kappa shape index (κ2) is 6.06. The largest absolute Gasteiger partial charge is 0.378 e. The molecule has 2 heterocycles. The molecule has 1 aliphatic heterocycles. The van der Waals surface area contributed by atoms with Gasteiger partial charge in [0.2, 0.25) is 0 Å². The lowest BCUT2D eigenvalue weighted by Gasteiger charge is -2.33. The number of aromatic nitrogens is 1. The maximum Gasteiger partial charge on any atom is 0.184 e. The Balaban J connectivity index is 1.63. The third kappa shape index (κ3) is 2.79. The topological polar surface area (TPSA) is 42.4 Å². The molecule has 0 amide bonds. The molecule has 5 heteroatoms. The van der Waals surface area contributed by atoms with Gasteiger partial charge in [-0.05, 0) is 39.6 Å². The van der Waals surface area contributed by atoms with Crippen molar-refractivity contribution in [3.8, 4) is 0 Å². The van der Waals surface area contributed by atoms with Crippen LogP contribution in [0.4, 0.5) is 0 Å². The fourth-order valence-electron chi connectivity index (χ4n) is 3.44. The van der Waals surface area contributed by atoms with Crippen LogP contribution >= 0.6 is 15.9 Å². The van der Waals surface area contributed by atoms with E-state index in [2.05, 4.69) is 38.0 Å². The van der Waals surface area contributed by atoms with Crippen molar-refractivity contribution < 1.29 is 9.53 Å². The standard InChI is InChI=1S/C18H17BrN2O2/c19-13-7-12(10-20-11-13)15-1-2-16-17(15)8-14(9-18(16)22)21-3-5-23-6-4-21/h1,7,9-11H,2-6,8H2. The van der Waals surface area contributed by atoms with Crippen LogP contribution in [0.25, 0.3) is 5.57 Å². The minimum absolute atomic E-state index is 0.155. The number of ether oxygens (including phenoxy) is 1. The first kappa shape index (κ1) is 14.8. The molecule has 0 bridgehead atoms. The number of carbonyl (C=O) groups is 1. The molecule has 1 aromatic heterocycles. The minimum atomic E-state index is 0.155. The van der Waals surface area contributed by atoms with E-state index in [0.717, 1.165) is 66.0 Å². The van der Waals surface area contributed by atoms with E-state index in [1.807, 2.05) is 12.3 Å². The van der Waals surface area contributed by atoms with Gasteiger partial charge >= 0.3 is 0 Å². The van der Waals surface area contributed by atoms with E-state index in [1.165, 1.54) is 5.57 Å². The Morgan fingerprint density at radius 2 is 2.00 bits per heavy atom.